The van der Waals surface area contributed by atoms with Gasteiger partial charge in [-0.3, -0.25) is 4.79 Å². The number of fused-ring (bicyclic) bond motifs is 1. The molecule has 3 rings (SSSR count). The molecule has 19 heavy (non-hydrogen) atoms. The van der Waals surface area contributed by atoms with Crippen LogP contribution in [-0.2, 0) is 4.79 Å². The van der Waals surface area contributed by atoms with Crippen LogP contribution in [0.3, 0.4) is 0 Å². The summed E-state index contributed by atoms with van der Waals surface area (Å²) in [5, 5.41) is 3.68. The first-order valence-corrected chi connectivity index (χ1v) is 8.21. The summed E-state index contributed by atoms with van der Waals surface area (Å²) < 4.78 is 2.06. The van der Waals surface area contributed by atoms with Crippen LogP contribution in [0.2, 0.25) is 0 Å². The first-order valence-electron chi connectivity index (χ1n) is 6.60. The van der Waals surface area contributed by atoms with Crippen molar-refractivity contribution < 1.29 is 4.79 Å². The van der Waals surface area contributed by atoms with Gasteiger partial charge < -0.3 is 5.32 Å². The molecular formula is C14H15BrN2OS. The van der Waals surface area contributed by atoms with E-state index in [1.54, 1.807) is 0 Å². The van der Waals surface area contributed by atoms with E-state index in [2.05, 4.69) is 26.2 Å². The minimum atomic E-state index is 0.134. The van der Waals surface area contributed by atoms with E-state index in [-0.39, 0.29) is 11.8 Å². The third kappa shape index (κ3) is 2.82. The highest BCUT2D eigenvalue weighted by atomic mass is 79.9. The van der Waals surface area contributed by atoms with Gasteiger partial charge in [0.2, 0.25) is 5.91 Å². The van der Waals surface area contributed by atoms with E-state index in [4.69, 9.17) is 0 Å². The lowest BCUT2D eigenvalue weighted by Gasteiger charge is -2.19. The highest BCUT2D eigenvalue weighted by Crippen LogP contribution is 2.32. The summed E-state index contributed by atoms with van der Waals surface area (Å²) in [4.78, 5) is 16.7. The number of carbonyl (C=O) groups is 1. The fourth-order valence-corrected chi connectivity index (χ4v) is 4.02. The highest BCUT2D eigenvalue weighted by molar-refractivity contribution is 9.10. The molecule has 1 saturated carbocycles. The zero-order valence-corrected chi connectivity index (χ0v) is 12.9. The Balaban J connectivity index is 1.77. The second kappa shape index (κ2) is 5.59. The molecular weight excluding hydrogens is 324 g/mol. The predicted molar refractivity (Wildman–Crippen MR) is 82.5 cm³/mol. The van der Waals surface area contributed by atoms with Gasteiger partial charge in [0.1, 0.15) is 0 Å². The normalized spacial score (nSPS) is 16.7. The molecule has 0 aliphatic heterocycles. The molecule has 1 aliphatic rings. The molecule has 0 radical (unpaired) electrons. The van der Waals surface area contributed by atoms with Crippen molar-refractivity contribution in [1.29, 1.82) is 0 Å². The SMILES string of the molecule is O=C(Nc1nc2c(Br)cccc2s1)C1CCCCC1. The molecule has 100 valence electrons. The van der Waals surface area contributed by atoms with Crippen molar-refractivity contribution in [1.82, 2.24) is 4.98 Å². The zero-order valence-electron chi connectivity index (χ0n) is 10.5. The van der Waals surface area contributed by atoms with Crippen LogP contribution >= 0.6 is 27.3 Å². The lowest BCUT2D eigenvalue weighted by molar-refractivity contribution is -0.120. The second-order valence-electron chi connectivity index (χ2n) is 4.93. The zero-order chi connectivity index (χ0) is 13.2. The Morgan fingerprint density at radius 3 is 2.84 bits per heavy atom. The van der Waals surface area contributed by atoms with Crippen LogP contribution in [-0.4, -0.2) is 10.9 Å². The van der Waals surface area contributed by atoms with Gasteiger partial charge in [-0.05, 0) is 40.9 Å². The Morgan fingerprint density at radius 2 is 2.11 bits per heavy atom. The lowest BCUT2D eigenvalue weighted by atomic mass is 9.89. The van der Waals surface area contributed by atoms with E-state index in [9.17, 15) is 4.79 Å². The van der Waals surface area contributed by atoms with Crippen LogP contribution in [0.15, 0.2) is 22.7 Å². The molecule has 1 aromatic carbocycles. The minimum absolute atomic E-state index is 0.134. The monoisotopic (exact) mass is 338 g/mol. The molecule has 0 unspecified atom stereocenters. The molecule has 1 amide bonds. The maximum absolute atomic E-state index is 12.2. The van der Waals surface area contributed by atoms with Gasteiger partial charge in [-0.15, -0.1) is 0 Å². The molecule has 3 nitrogen and oxygen atoms in total. The number of hydrogen-bond acceptors (Lipinski definition) is 3. The van der Waals surface area contributed by atoms with E-state index < -0.39 is 0 Å². The largest absolute Gasteiger partial charge is 0.302 e. The molecule has 1 aliphatic carbocycles. The number of hydrogen-bond donors (Lipinski definition) is 1. The maximum Gasteiger partial charge on any atom is 0.229 e. The summed E-state index contributed by atoms with van der Waals surface area (Å²) in [5.41, 5.74) is 0.923. The smallest absolute Gasteiger partial charge is 0.229 e. The number of nitrogens with zero attached hydrogens (tertiary/aromatic N) is 1. The van der Waals surface area contributed by atoms with E-state index >= 15 is 0 Å². The van der Waals surface area contributed by atoms with Gasteiger partial charge in [-0.25, -0.2) is 4.98 Å². The van der Waals surface area contributed by atoms with Crippen molar-refractivity contribution in [2.45, 2.75) is 32.1 Å². The quantitative estimate of drug-likeness (QED) is 0.870. The van der Waals surface area contributed by atoms with Crippen LogP contribution in [0.1, 0.15) is 32.1 Å². The number of aromatic nitrogens is 1. The van der Waals surface area contributed by atoms with Gasteiger partial charge in [0.15, 0.2) is 5.13 Å². The maximum atomic E-state index is 12.2. The Kier molecular flexibility index (Phi) is 3.84. The van der Waals surface area contributed by atoms with Gasteiger partial charge in [-0.2, -0.15) is 0 Å². The number of anilines is 1. The summed E-state index contributed by atoms with van der Waals surface area (Å²) in [7, 11) is 0. The molecule has 0 spiro atoms. The average Bonchev–Trinajstić information content (AvgIpc) is 2.84. The van der Waals surface area contributed by atoms with Crippen molar-refractivity contribution in [3.05, 3.63) is 22.7 Å². The molecule has 5 heteroatoms. The standard InChI is InChI=1S/C14H15BrN2OS/c15-10-7-4-8-11-12(10)16-14(19-11)17-13(18)9-5-2-1-3-6-9/h4,7-9H,1-3,5-6H2,(H,16,17,18). The van der Waals surface area contributed by atoms with Gasteiger partial charge in [0.05, 0.1) is 10.2 Å². The second-order valence-corrected chi connectivity index (χ2v) is 6.81. The number of thiazole rings is 1. The number of amides is 1. The summed E-state index contributed by atoms with van der Waals surface area (Å²) in [6, 6.07) is 5.97. The van der Waals surface area contributed by atoms with E-state index in [0.717, 1.165) is 27.5 Å². The molecule has 1 aromatic heterocycles. The first-order chi connectivity index (χ1) is 9.24. The van der Waals surface area contributed by atoms with Crippen molar-refractivity contribution in [3.63, 3.8) is 0 Å². The number of halogens is 1. The third-order valence-corrected chi connectivity index (χ3v) is 5.15. The first kappa shape index (κ1) is 13.1. The number of nitrogens with one attached hydrogen (secondary N) is 1. The van der Waals surface area contributed by atoms with Crippen LogP contribution in [0.4, 0.5) is 5.13 Å². The average molecular weight is 339 g/mol. The van der Waals surface area contributed by atoms with Crippen molar-refractivity contribution in [2.24, 2.45) is 5.92 Å². The molecule has 0 atom stereocenters. The highest BCUT2D eigenvalue weighted by Gasteiger charge is 2.22. The Morgan fingerprint density at radius 1 is 1.32 bits per heavy atom. The predicted octanol–water partition coefficient (Wildman–Crippen LogP) is 4.58. The van der Waals surface area contributed by atoms with Gasteiger partial charge in [0.25, 0.3) is 0 Å². The summed E-state index contributed by atoms with van der Waals surface area (Å²) >= 11 is 5.02. The summed E-state index contributed by atoms with van der Waals surface area (Å²) in [6.45, 7) is 0. The number of para-hydroxylation sites is 1. The number of benzene rings is 1. The van der Waals surface area contributed by atoms with E-state index in [1.165, 1.54) is 30.6 Å². The van der Waals surface area contributed by atoms with Crippen molar-refractivity contribution in [3.8, 4) is 0 Å². The van der Waals surface area contributed by atoms with Gasteiger partial charge in [0, 0.05) is 10.4 Å². The van der Waals surface area contributed by atoms with Gasteiger partial charge >= 0.3 is 0 Å². The van der Waals surface area contributed by atoms with Crippen LogP contribution in [0, 0.1) is 5.92 Å². The lowest BCUT2D eigenvalue weighted by Crippen LogP contribution is -2.24. The molecule has 0 bridgehead atoms. The van der Waals surface area contributed by atoms with Gasteiger partial charge in [-0.1, -0.05) is 36.7 Å². The fraction of sp³-hybridized carbons (Fsp3) is 0.429. The number of carbonyl (C=O) groups excluding carboxylic acids is 1. The minimum Gasteiger partial charge on any atom is -0.302 e. The van der Waals surface area contributed by atoms with Crippen molar-refractivity contribution >= 4 is 48.5 Å². The van der Waals surface area contributed by atoms with Crippen LogP contribution in [0.25, 0.3) is 10.2 Å². The number of rotatable bonds is 2. The fourth-order valence-electron chi connectivity index (χ4n) is 2.54. The molecule has 1 heterocycles. The Bertz CT molecular complexity index is 605. The third-order valence-electron chi connectivity index (χ3n) is 3.58. The van der Waals surface area contributed by atoms with Crippen LogP contribution < -0.4 is 5.32 Å². The Hall–Kier alpha value is -0.940. The topological polar surface area (TPSA) is 42.0 Å². The molecule has 1 N–H and O–H groups in total. The Labute approximate surface area is 124 Å². The summed E-state index contributed by atoms with van der Waals surface area (Å²) in [6.07, 6.45) is 5.63. The van der Waals surface area contributed by atoms with E-state index in [1.807, 2.05) is 18.2 Å². The van der Waals surface area contributed by atoms with Crippen LogP contribution in [0.5, 0.6) is 0 Å². The molecule has 2 aromatic rings. The molecule has 1 fully saturated rings. The van der Waals surface area contributed by atoms with E-state index in [0.29, 0.717) is 5.13 Å². The van der Waals surface area contributed by atoms with Crippen molar-refractivity contribution in [2.75, 3.05) is 5.32 Å². The molecule has 0 saturated heterocycles. The summed E-state index contributed by atoms with van der Waals surface area (Å²) in [5.74, 6) is 0.305.